The standard InChI is InChI=1S/C24H25ClFNO4/c1-23(2,3)31-22(28)27-12-11-15(14-27)21-17-7-5-6-8-20(17)29-24(4,30-21)18-10-9-16(25)13-19(18)26/h5-11,13,21H,12,14H2,1-4H3. The highest BCUT2D eigenvalue weighted by Crippen LogP contribution is 2.47. The van der Waals surface area contributed by atoms with E-state index in [9.17, 15) is 9.18 Å². The number of hydrogen-bond acceptors (Lipinski definition) is 4. The molecule has 7 heteroatoms. The van der Waals surface area contributed by atoms with Gasteiger partial charge in [0.1, 0.15) is 23.3 Å². The first-order valence-corrected chi connectivity index (χ1v) is 10.5. The molecule has 0 aromatic heterocycles. The zero-order valence-corrected chi connectivity index (χ0v) is 18.7. The van der Waals surface area contributed by atoms with E-state index in [1.165, 1.54) is 6.07 Å². The Balaban J connectivity index is 1.64. The van der Waals surface area contributed by atoms with Crippen LogP contribution in [0.15, 0.2) is 54.1 Å². The Kier molecular flexibility index (Phi) is 5.48. The number of hydrogen-bond donors (Lipinski definition) is 0. The molecule has 2 aromatic rings. The molecule has 0 N–H and O–H groups in total. The van der Waals surface area contributed by atoms with Gasteiger partial charge in [0.05, 0.1) is 5.56 Å². The number of ether oxygens (including phenoxy) is 3. The summed E-state index contributed by atoms with van der Waals surface area (Å²) in [6.07, 6.45) is 1.07. The maximum atomic E-state index is 14.8. The van der Waals surface area contributed by atoms with Crippen LogP contribution in [0.2, 0.25) is 5.02 Å². The number of carbonyl (C=O) groups is 1. The highest BCUT2D eigenvalue weighted by molar-refractivity contribution is 6.30. The molecule has 2 aliphatic heterocycles. The highest BCUT2D eigenvalue weighted by Gasteiger charge is 2.43. The van der Waals surface area contributed by atoms with Crippen molar-refractivity contribution in [1.29, 1.82) is 0 Å². The van der Waals surface area contributed by atoms with Crippen LogP contribution in [0.5, 0.6) is 5.75 Å². The molecule has 2 atom stereocenters. The van der Waals surface area contributed by atoms with Crippen LogP contribution < -0.4 is 4.74 Å². The van der Waals surface area contributed by atoms with Gasteiger partial charge in [-0.1, -0.05) is 35.9 Å². The van der Waals surface area contributed by atoms with Gasteiger partial charge in [-0.2, -0.15) is 0 Å². The minimum absolute atomic E-state index is 0.249. The van der Waals surface area contributed by atoms with Gasteiger partial charge < -0.3 is 19.1 Å². The SMILES string of the molecule is CC(C)(C)OC(=O)N1CC=C(C2OC(C)(c3ccc(Cl)cc3F)Oc3ccccc32)C1. The molecule has 164 valence electrons. The van der Waals surface area contributed by atoms with Gasteiger partial charge in [-0.15, -0.1) is 0 Å². The van der Waals surface area contributed by atoms with Gasteiger partial charge >= 0.3 is 6.09 Å². The lowest BCUT2D eigenvalue weighted by atomic mass is 9.97. The summed E-state index contributed by atoms with van der Waals surface area (Å²) in [5.41, 5.74) is 1.39. The molecule has 5 nitrogen and oxygen atoms in total. The molecule has 0 bridgehead atoms. The summed E-state index contributed by atoms with van der Waals surface area (Å²) in [6, 6.07) is 11.9. The van der Waals surface area contributed by atoms with Crippen molar-refractivity contribution in [3.63, 3.8) is 0 Å². The number of rotatable bonds is 2. The van der Waals surface area contributed by atoms with Crippen LogP contribution in [0.1, 0.15) is 44.9 Å². The number of amides is 1. The summed E-state index contributed by atoms with van der Waals surface area (Å²) in [7, 11) is 0. The van der Waals surface area contributed by atoms with Gasteiger partial charge in [0.25, 0.3) is 0 Å². The average Bonchev–Trinajstić information content (AvgIpc) is 3.16. The summed E-state index contributed by atoms with van der Waals surface area (Å²) >= 11 is 5.93. The second-order valence-corrected chi connectivity index (χ2v) is 9.28. The van der Waals surface area contributed by atoms with Crippen LogP contribution in [0.25, 0.3) is 0 Å². The van der Waals surface area contributed by atoms with Crippen molar-refractivity contribution in [2.45, 2.75) is 45.2 Å². The quantitative estimate of drug-likeness (QED) is 0.533. The Morgan fingerprint density at radius 2 is 2.00 bits per heavy atom. The van der Waals surface area contributed by atoms with Crippen molar-refractivity contribution in [3.05, 3.63) is 76.1 Å². The molecule has 2 aliphatic rings. The number of fused-ring (bicyclic) bond motifs is 1. The van der Waals surface area contributed by atoms with Crippen molar-refractivity contribution >= 4 is 17.7 Å². The number of para-hydroxylation sites is 1. The number of benzene rings is 2. The van der Waals surface area contributed by atoms with Gasteiger partial charge in [0.15, 0.2) is 0 Å². The lowest BCUT2D eigenvalue weighted by Crippen LogP contribution is -2.40. The van der Waals surface area contributed by atoms with E-state index in [1.54, 1.807) is 24.0 Å². The highest BCUT2D eigenvalue weighted by atomic mass is 35.5. The van der Waals surface area contributed by atoms with Gasteiger partial charge in [0.2, 0.25) is 5.79 Å². The maximum absolute atomic E-state index is 14.8. The number of halogens is 2. The predicted molar refractivity (Wildman–Crippen MR) is 116 cm³/mol. The Hall–Kier alpha value is -2.57. The molecule has 4 rings (SSSR count). The molecule has 31 heavy (non-hydrogen) atoms. The third-order valence-electron chi connectivity index (χ3n) is 5.21. The van der Waals surface area contributed by atoms with Crippen LogP contribution in [0.4, 0.5) is 9.18 Å². The number of nitrogens with zero attached hydrogens (tertiary/aromatic N) is 1. The van der Waals surface area contributed by atoms with E-state index < -0.39 is 23.3 Å². The summed E-state index contributed by atoms with van der Waals surface area (Å²) < 4.78 is 32.7. The van der Waals surface area contributed by atoms with Crippen LogP contribution in [0, 0.1) is 5.82 Å². The summed E-state index contributed by atoms with van der Waals surface area (Å²) in [5.74, 6) is -1.27. The van der Waals surface area contributed by atoms with Gasteiger partial charge in [-0.25, -0.2) is 9.18 Å². The predicted octanol–water partition coefficient (Wildman–Crippen LogP) is 5.98. The fourth-order valence-electron chi connectivity index (χ4n) is 3.80. The van der Waals surface area contributed by atoms with Crippen LogP contribution >= 0.6 is 11.6 Å². The average molecular weight is 446 g/mol. The van der Waals surface area contributed by atoms with Crippen LogP contribution in [-0.2, 0) is 15.3 Å². The Labute approximate surface area is 186 Å². The van der Waals surface area contributed by atoms with Crippen molar-refractivity contribution in [2.24, 2.45) is 0 Å². The second kappa shape index (κ2) is 7.84. The molecule has 2 unspecified atom stereocenters. The molecule has 0 radical (unpaired) electrons. The smallest absolute Gasteiger partial charge is 0.410 e. The van der Waals surface area contributed by atoms with Crippen molar-refractivity contribution in [2.75, 3.05) is 13.1 Å². The van der Waals surface area contributed by atoms with E-state index in [0.29, 0.717) is 23.9 Å². The second-order valence-electron chi connectivity index (χ2n) is 8.85. The van der Waals surface area contributed by atoms with Gasteiger partial charge in [0, 0.05) is 30.6 Å². The van der Waals surface area contributed by atoms with E-state index in [4.69, 9.17) is 25.8 Å². The molecule has 1 amide bonds. The molecule has 0 spiro atoms. The van der Waals surface area contributed by atoms with Crippen LogP contribution in [0.3, 0.4) is 0 Å². The Morgan fingerprint density at radius 3 is 2.71 bits per heavy atom. The number of carbonyl (C=O) groups excluding carboxylic acids is 1. The minimum Gasteiger partial charge on any atom is -0.458 e. The zero-order valence-electron chi connectivity index (χ0n) is 17.9. The molecular weight excluding hydrogens is 421 g/mol. The topological polar surface area (TPSA) is 48.0 Å². The molecule has 2 aromatic carbocycles. The normalized spacial score (nSPS) is 23.1. The first kappa shape index (κ1) is 21.7. The van der Waals surface area contributed by atoms with E-state index in [-0.39, 0.29) is 11.7 Å². The molecule has 0 saturated carbocycles. The molecule has 2 heterocycles. The third-order valence-corrected chi connectivity index (χ3v) is 5.44. The summed E-state index contributed by atoms with van der Waals surface area (Å²) in [4.78, 5) is 14.1. The van der Waals surface area contributed by atoms with E-state index in [0.717, 1.165) is 11.1 Å². The van der Waals surface area contributed by atoms with Crippen molar-refractivity contribution in [3.8, 4) is 5.75 Å². The lowest BCUT2D eigenvalue weighted by Gasteiger charge is -2.41. The first-order valence-electron chi connectivity index (χ1n) is 10.1. The fraction of sp³-hybridized carbons (Fsp3) is 0.375. The first-order chi connectivity index (χ1) is 14.6. The summed E-state index contributed by atoms with van der Waals surface area (Å²) in [6.45, 7) is 7.95. The van der Waals surface area contributed by atoms with Crippen molar-refractivity contribution < 1.29 is 23.4 Å². The zero-order chi connectivity index (χ0) is 22.4. The van der Waals surface area contributed by atoms with Crippen molar-refractivity contribution in [1.82, 2.24) is 4.90 Å². The maximum Gasteiger partial charge on any atom is 0.410 e. The van der Waals surface area contributed by atoms with Crippen LogP contribution in [-0.4, -0.2) is 29.7 Å². The molecule has 0 aliphatic carbocycles. The van der Waals surface area contributed by atoms with E-state index >= 15 is 0 Å². The molecular formula is C24H25ClFNO4. The fourth-order valence-corrected chi connectivity index (χ4v) is 3.96. The van der Waals surface area contributed by atoms with E-state index in [2.05, 4.69) is 0 Å². The lowest BCUT2D eigenvalue weighted by molar-refractivity contribution is -0.220. The van der Waals surface area contributed by atoms with Gasteiger partial charge in [-0.3, -0.25) is 0 Å². The Bertz CT molecular complexity index is 1050. The molecule has 0 saturated heterocycles. The monoisotopic (exact) mass is 445 g/mol. The third kappa shape index (κ3) is 4.41. The largest absolute Gasteiger partial charge is 0.458 e. The minimum atomic E-state index is -1.37. The Morgan fingerprint density at radius 1 is 1.26 bits per heavy atom. The van der Waals surface area contributed by atoms with E-state index in [1.807, 2.05) is 51.1 Å². The summed E-state index contributed by atoms with van der Waals surface area (Å²) in [5, 5.41) is 0.295. The molecule has 0 fully saturated rings. The van der Waals surface area contributed by atoms with Gasteiger partial charge in [-0.05, 0) is 50.6 Å².